The minimum Gasteiger partial charge on any atom is -0.465 e. The quantitative estimate of drug-likeness (QED) is 0.506. The molecule has 13 heteroatoms. The SMILES string of the molecule is COC(=O)c1cc2nc3n(c2cc1S(C)(=O)=O)CCN(c1nccc(C(F)(F)F)n1)[C@@H]3C(C)C. The number of sulfone groups is 1. The first-order chi connectivity index (χ1) is 15.8. The van der Waals surface area contributed by atoms with E-state index in [1.807, 2.05) is 18.4 Å². The molecule has 3 heterocycles. The van der Waals surface area contributed by atoms with Gasteiger partial charge in [0.15, 0.2) is 9.84 Å². The van der Waals surface area contributed by atoms with Crippen molar-refractivity contribution in [1.82, 2.24) is 19.5 Å². The van der Waals surface area contributed by atoms with Crippen LogP contribution in [0.3, 0.4) is 0 Å². The number of fused-ring (bicyclic) bond motifs is 3. The van der Waals surface area contributed by atoms with Crippen LogP contribution in [-0.2, 0) is 27.3 Å². The smallest absolute Gasteiger partial charge is 0.433 e. The van der Waals surface area contributed by atoms with E-state index in [2.05, 4.69) is 15.0 Å². The Hall–Kier alpha value is -3.22. The molecule has 3 aromatic rings. The number of aromatic nitrogens is 4. The van der Waals surface area contributed by atoms with Gasteiger partial charge in [-0.2, -0.15) is 13.2 Å². The Morgan fingerprint density at radius 3 is 2.50 bits per heavy atom. The number of esters is 1. The molecule has 1 aliphatic rings. The molecule has 0 N–H and O–H groups in total. The minimum atomic E-state index is -4.61. The van der Waals surface area contributed by atoms with E-state index in [9.17, 15) is 26.4 Å². The van der Waals surface area contributed by atoms with Gasteiger partial charge < -0.3 is 14.2 Å². The molecule has 0 spiro atoms. The molecule has 2 aromatic heterocycles. The summed E-state index contributed by atoms with van der Waals surface area (Å²) < 4.78 is 71.0. The van der Waals surface area contributed by atoms with Crippen LogP contribution in [0.5, 0.6) is 0 Å². The highest BCUT2D eigenvalue weighted by molar-refractivity contribution is 7.90. The van der Waals surface area contributed by atoms with Gasteiger partial charge in [-0.3, -0.25) is 0 Å². The van der Waals surface area contributed by atoms with Crippen molar-refractivity contribution in [3.63, 3.8) is 0 Å². The number of carbonyl (C=O) groups is 1. The Morgan fingerprint density at radius 1 is 1.21 bits per heavy atom. The van der Waals surface area contributed by atoms with Crippen molar-refractivity contribution in [2.24, 2.45) is 5.92 Å². The number of hydrogen-bond acceptors (Lipinski definition) is 8. The molecule has 0 radical (unpaired) electrons. The fraction of sp³-hybridized carbons (Fsp3) is 0.429. The number of imidazole rings is 1. The Kier molecular flexibility index (Phi) is 5.78. The number of ether oxygens (including phenoxy) is 1. The van der Waals surface area contributed by atoms with Crippen molar-refractivity contribution in [2.45, 2.75) is 37.5 Å². The molecule has 0 unspecified atom stereocenters. The van der Waals surface area contributed by atoms with Crippen LogP contribution in [0.2, 0.25) is 0 Å². The van der Waals surface area contributed by atoms with E-state index in [-0.39, 0.29) is 28.9 Å². The van der Waals surface area contributed by atoms with Gasteiger partial charge in [0, 0.05) is 25.5 Å². The van der Waals surface area contributed by atoms with Crippen LogP contribution < -0.4 is 4.90 Å². The van der Waals surface area contributed by atoms with Gasteiger partial charge in [0.05, 0.1) is 34.6 Å². The number of rotatable bonds is 4. The van der Waals surface area contributed by atoms with Crippen molar-refractivity contribution < 1.29 is 31.1 Å². The average Bonchev–Trinajstić information content (AvgIpc) is 3.13. The standard InChI is InChI=1S/C21H22F3N5O4S/c1-11(2)17-18-26-13-9-12(19(30)33-3)15(34(4,31)32)10-14(13)28(18)7-8-29(17)20-25-6-5-16(27-20)21(22,23)24/h5-6,9-11,17H,7-8H2,1-4H3/t17-/m1/s1. The van der Waals surface area contributed by atoms with Crippen LogP contribution in [0.15, 0.2) is 29.3 Å². The Bertz CT molecular complexity index is 1390. The maximum absolute atomic E-state index is 13.2. The van der Waals surface area contributed by atoms with E-state index in [1.165, 1.54) is 12.1 Å². The summed E-state index contributed by atoms with van der Waals surface area (Å²) >= 11 is 0. The van der Waals surface area contributed by atoms with E-state index >= 15 is 0 Å². The first-order valence-electron chi connectivity index (χ1n) is 10.3. The lowest BCUT2D eigenvalue weighted by Crippen LogP contribution is -2.42. The molecule has 1 aliphatic heterocycles. The van der Waals surface area contributed by atoms with Crippen LogP contribution in [0, 0.1) is 5.92 Å². The first-order valence-corrected chi connectivity index (χ1v) is 12.2. The van der Waals surface area contributed by atoms with Gasteiger partial charge in [0.2, 0.25) is 5.95 Å². The lowest BCUT2D eigenvalue weighted by molar-refractivity contribution is -0.141. The van der Waals surface area contributed by atoms with Gasteiger partial charge in [-0.15, -0.1) is 0 Å². The van der Waals surface area contributed by atoms with Crippen molar-refractivity contribution in [3.05, 3.63) is 41.5 Å². The Labute approximate surface area is 193 Å². The number of alkyl halides is 3. The summed E-state index contributed by atoms with van der Waals surface area (Å²) in [5, 5.41) is 0. The summed E-state index contributed by atoms with van der Waals surface area (Å²) in [5.74, 6) is -0.478. The third-order valence-electron chi connectivity index (χ3n) is 5.67. The summed E-state index contributed by atoms with van der Waals surface area (Å²) in [6.07, 6.45) is -2.54. The van der Waals surface area contributed by atoms with Gasteiger partial charge in [-0.25, -0.2) is 28.2 Å². The van der Waals surface area contributed by atoms with Crippen molar-refractivity contribution in [2.75, 3.05) is 24.8 Å². The molecule has 34 heavy (non-hydrogen) atoms. The molecular formula is C21H22F3N5O4S. The van der Waals surface area contributed by atoms with Crippen LogP contribution in [0.25, 0.3) is 11.0 Å². The highest BCUT2D eigenvalue weighted by atomic mass is 32.2. The highest BCUT2D eigenvalue weighted by Crippen LogP contribution is 2.38. The monoisotopic (exact) mass is 497 g/mol. The second-order valence-corrected chi connectivity index (χ2v) is 10.3. The first kappa shape index (κ1) is 23.9. The van der Waals surface area contributed by atoms with Gasteiger partial charge in [-0.05, 0) is 24.1 Å². The zero-order chi connectivity index (χ0) is 25.0. The van der Waals surface area contributed by atoms with Crippen LogP contribution in [-0.4, -0.2) is 53.8 Å². The summed E-state index contributed by atoms with van der Waals surface area (Å²) in [7, 11) is -2.61. The van der Waals surface area contributed by atoms with Crippen LogP contribution in [0.4, 0.5) is 19.1 Å². The largest absolute Gasteiger partial charge is 0.465 e. The normalized spacial score (nSPS) is 16.7. The average molecular weight is 497 g/mol. The minimum absolute atomic E-state index is 0.0705. The fourth-order valence-electron chi connectivity index (χ4n) is 4.22. The molecule has 0 saturated heterocycles. The van der Waals surface area contributed by atoms with E-state index in [0.717, 1.165) is 25.6 Å². The van der Waals surface area contributed by atoms with E-state index in [4.69, 9.17) is 4.74 Å². The summed E-state index contributed by atoms with van der Waals surface area (Å²) in [6, 6.07) is 3.08. The zero-order valence-electron chi connectivity index (χ0n) is 18.8. The lowest BCUT2D eigenvalue weighted by atomic mass is 10.00. The van der Waals surface area contributed by atoms with E-state index in [0.29, 0.717) is 23.4 Å². The topological polar surface area (TPSA) is 107 Å². The van der Waals surface area contributed by atoms with Crippen LogP contribution >= 0.6 is 0 Å². The number of benzene rings is 1. The third-order valence-corrected chi connectivity index (χ3v) is 6.81. The molecule has 0 fully saturated rings. The molecular weight excluding hydrogens is 475 g/mol. The van der Waals surface area contributed by atoms with Gasteiger partial charge >= 0.3 is 12.1 Å². The fourth-order valence-corrected chi connectivity index (χ4v) is 5.09. The molecule has 0 saturated carbocycles. The third kappa shape index (κ3) is 4.08. The zero-order valence-corrected chi connectivity index (χ0v) is 19.6. The second-order valence-electron chi connectivity index (χ2n) is 8.34. The van der Waals surface area contributed by atoms with E-state index in [1.54, 1.807) is 4.90 Å². The summed E-state index contributed by atoms with van der Waals surface area (Å²) in [5.41, 5.74) is -0.301. The summed E-state index contributed by atoms with van der Waals surface area (Å²) in [4.78, 5) is 26.2. The number of anilines is 1. The number of carbonyl (C=O) groups excluding carboxylic acids is 1. The highest BCUT2D eigenvalue weighted by Gasteiger charge is 2.37. The molecule has 0 bridgehead atoms. The second kappa shape index (κ2) is 8.22. The van der Waals surface area contributed by atoms with Gasteiger partial charge in [0.25, 0.3) is 0 Å². The Morgan fingerprint density at radius 2 is 1.91 bits per heavy atom. The predicted octanol–water partition coefficient (Wildman–Crippen LogP) is 3.25. The Balaban J connectivity index is 1.89. The number of halogens is 3. The van der Waals surface area contributed by atoms with E-state index < -0.39 is 33.7 Å². The number of hydrogen-bond donors (Lipinski definition) is 0. The molecule has 9 nitrogen and oxygen atoms in total. The van der Waals surface area contributed by atoms with Crippen LogP contribution in [0.1, 0.15) is 41.8 Å². The van der Waals surface area contributed by atoms with Crippen molar-refractivity contribution >= 4 is 32.8 Å². The molecule has 0 aliphatic carbocycles. The molecule has 182 valence electrons. The molecule has 1 atom stereocenters. The lowest BCUT2D eigenvalue weighted by Gasteiger charge is -2.38. The van der Waals surface area contributed by atoms with Crippen molar-refractivity contribution in [1.29, 1.82) is 0 Å². The summed E-state index contributed by atoms with van der Waals surface area (Å²) in [6.45, 7) is 4.36. The molecule has 0 amide bonds. The molecule has 1 aromatic carbocycles. The van der Waals surface area contributed by atoms with Gasteiger partial charge in [-0.1, -0.05) is 13.8 Å². The maximum Gasteiger partial charge on any atom is 0.433 e. The molecule has 4 rings (SSSR count). The number of methoxy groups -OCH3 is 1. The van der Waals surface area contributed by atoms with Crippen molar-refractivity contribution in [3.8, 4) is 0 Å². The maximum atomic E-state index is 13.2. The number of nitrogens with zero attached hydrogens (tertiary/aromatic N) is 5. The van der Waals surface area contributed by atoms with Gasteiger partial charge in [0.1, 0.15) is 11.5 Å². The predicted molar refractivity (Wildman–Crippen MR) is 116 cm³/mol.